The monoisotopic (exact) mass is 469 g/mol. The van der Waals surface area contributed by atoms with Crippen LogP contribution in [0, 0.1) is 24.0 Å². The molecule has 2 heterocycles. The maximum atomic E-state index is 14.8. The molecule has 2 aromatic carbocycles. The molecule has 4 rings (SSSR count). The van der Waals surface area contributed by atoms with E-state index in [1.807, 2.05) is 26.0 Å². The van der Waals surface area contributed by atoms with Crippen LogP contribution >= 0.6 is 0 Å². The fourth-order valence-electron chi connectivity index (χ4n) is 4.18. The molecule has 0 aliphatic carbocycles. The van der Waals surface area contributed by atoms with Crippen LogP contribution in [-0.2, 0) is 14.3 Å². The van der Waals surface area contributed by atoms with Crippen LogP contribution in [0.5, 0.6) is 0 Å². The number of benzene rings is 2. The highest BCUT2D eigenvalue weighted by atomic mass is 19.1. The number of piperidine rings is 1. The van der Waals surface area contributed by atoms with E-state index in [1.165, 1.54) is 12.1 Å². The second kappa shape index (κ2) is 9.20. The molecule has 2 aromatic rings. The number of nitrogens with zero attached hydrogens (tertiary/aromatic N) is 2. The van der Waals surface area contributed by atoms with Gasteiger partial charge in [0.05, 0.1) is 18.0 Å². The maximum absolute atomic E-state index is 14.8. The zero-order valence-corrected chi connectivity index (χ0v) is 18.8. The number of ether oxygens (including phenoxy) is 1. The Bertz CT molecular complexity index is 1160. The lowest BCUT2D eigenvalue weighted by molar-refractivity contribution is -0.134. The number of nitrogens with one attached hydrogen (secondary N) is 2. The Morgan fingerprint density at radius 3 is 2.44 bits per heavy atom. The molecule has 2 aliphatic rings. The predicted octanol–water partition coefficient (Wildman–Crippen LogP) is 2.73. The van der Waals surface area contributed by atoms with E-state index in [9.17, 15) is 18.4 Å². The van der Waals surface area contributed by atoms with Crippen molar-refractivity contribution >= 4 is 29.4 Å². The number of anilines is 1. The number of amidine groups is 1. The van der Waals surface area contributed by atoms with Crippen LogP contribution < -0.4 is 16.0 Å². The number of halogens is 2. The number of aryl methyl sites for hydroxylation is 1. The van der Waals surface area contributed by atoms with Gasteiger partial charge < -0.3 is 15.4 Å². The predicted molar refractivity (Wildman–Crippen MR) is 123 cm³/mol. The number of nitrogens with two attached hydrogens (primary N) is 1. The standard InChI is InChI=1S/C24H25F2N5O3/c1-12-3-5-14(6-4-12)22(27)34-24(28)29-19-11-31(13(19)2)15-9-17(25)21(18(26)10-15)16-7-8-20(32)30-23(16)33/h3-6,9-10,13,16,19,27H,7-8,11H2,1-2H3,(H2,28,29)(H,30,32,33)/t13-,16?,19+/m1/s1. The van der Waals surface area contributed by atoms with Crippen molar-refractivity contribution in [1.29, 1.82) is 5.41 Å². The number of rotatable bonds is 4. The number of hydrogen-bond donors (Lipinski definition) is 3. The van der Waals surface area contributed by atoms with Crippen molar-refractivity contribution in [1.82, 2.24) is 5.32 Å². The van der Waals surface area contributed by atoms with Gasteiger partial charge in [0.25, 0.3) is 6.02 Å². The van der Waals surface area contributed by atoms with Gasteiger partial charge >= 0.3 is 0 Å². The first kappa shape index (κ1) is 23.3. The number of carbonyl (C=O) groups is 2. The molecular formula is C24H25F2N5O3. The fraction of sp³-hybridized carbons (Fsp3) is 0.333. The molecule has 2 amide bonds. The van der Waals surface area contributed by atoms with Gasteiger partial charge in [0.2, 0.25) is 17.7 Å². The largest absolute Gasteiger partial charge is 0.407 e. The molecule has 178 valence electrons. The maximum Gasteiger partial charge on any atom is 0.289 e. The Hall–Kier alpha value is -3.82. The van der Waals surface area contributed by atoms with Crippen LogP contribution in [0.1, 0.15) is 42.4 Å². The normalized spacial score (nSPS) is 22.8. The minimum absolute atomic E-state index is 0.0325. The summed E-state index contributed by atoms with van der Waals surface area (Å²) in [4.78, 5) is 29.4. The summed E-state index contributed by atoms with van der Waals surface area (Å²) < 4.78 is 35.0. The van der Waals surface area contributed by atoms with E-state index in [2.05, 4.69) is 10.3 Å². The number of imide groups is 1. The number of aliphatic imine (C=N–C) groups is 1. The van der Waals surface area contributed by atoms with Crippen molar-refractivity contribution in [3.05, 3.63) is 64.7 Å². The quantitative estimate of drug-likeness (QED) is 0.361. The topological polar surface area (TPSA) is 121 Å². The van der Waals surface area contributed by atoms with Gasteiger partial charge in [-0.25, -0.2) is 13.8 Å². The summed E-state index contributed by atoms with van der Waals surface area (Å²) in [5.74, 6) is -3.98. The van der Waals surface area contributed by atoms with E-state index in [4.69, 9.17) is 15.9 Å². The van der Waals surface area contributed by atoms with E-state index in [0.29, 0.717) is 17.8 Å². The van der Waals surface area contributed by atoms with Gasteiger partial charge in [0.1, 0.15) is 11.6 Å². The van der Waals surface area contributed by atoms with Crippen molar-refractivity contribution < 1.29 is 23.1 Å². The molecule has 0 bridgehead atoms. The second-order valence-corrected chi connectivity index (χ2v) is 8.55. The summed E-state index contributed by atoms with van der Waals surface area (Å²) in [6, 6.07) is 8.92. The number of carbonyl (C=O) groups excluding carboxylic acids is 2. The van der Waals surface area contributed by atoms with E-state index < -0.39 is 29.4 Å². The molecule has 1 unspecified atom stereocenters. The summed E-state index contributed by atoms with van der Waals surface area (Å²) in [7, 11) is 0. The molecule has 2 fully saturated rings. The average molecular weight is 469 g/mol. The lowest BCUT2D eigenvalue weighted by atomic mass is 9.89. The average Bonchev–Trinajstić information content (AvgIpc) is 2.77. The molecule has 0 saturated carbocycles. The van der Waals surface area contributed by atoms with Crippen LogP contribution in [0.2, 0.25) is 0 Å². The molecule has 10 heteroatoms. The van der Waals surface area contributed by atoms with Crippen LogP contribution in [0.15, 0.2) is 41.4 Å². The number of amides is 2. The van der Waals surface area contributed by atoms with Gasteiger partial charge in [0, 0.05) is 29.8 Å². The first-order valence-corrected chi connectivity index (χ1v) is 10.9. The Balaban J connectivity index is 1.42. The molecule has 2 saturated heterocycles. The summed E-state index contributed by atoms with van der Waals surface area (Å²) in [6.45, 7) is 4.12. The van der Waals surface area contributed by atoms with Gasteiger partial charge in [-0.1, -0.05) is 17.7 Å². The van der Waals surface area contributed by atoms with Gasteiger partial charge in [-0.3, -0.25) is 20.3 Å². The van der Waals surface area contributed by atoms with E-state index in [0.717, 1.165) is 5.56 Å². The van der Waals surface area contributed by atoms with E-state index in [-0.39, 0.29) is 42.4 Å². The first-order chi connectivity index (χ1) is 16.1. The van der Waals surface area contributed by atoms with Crippen molar-refractivity contribution in [2.24, 2.45) is 10.7 Å². The third-order valence-corrected chi connectivity index (χ3v) is 6.23. The Kier molecular flexibility index (Phi) is 6.32. The molecule has 8 nitrogen and oxygen atoms in total. The molecule has 4 N–H and O–H groups in total. The molecule has 2 aliphatic heterocycles. The van der Waals surface area contributed by atoms with Gasteiger partial charge in [-0.15, -0.1) is 0 Å². The van der Waals surface area contributed by atoms with Gasteiger partial charge in [-0.05, 0) is 44.5 Å². The molecule has 0 radical (unpaired) electrons. The lowest BCUT2D eigenvalue weighted by Gasteiger charge is -2.46. The van der Waals surface area contributed by atoms with Crippen LogP contribution in [0.3, 0.4) is 0 Å². The van der Waals surface area contributed by atoms with Crippen LogP contribution in [-0.4, -0.2) is 42.4 Å². The highest BCUT2D eigenvalue weighted by Gasteiger charge is 2.38. The second-order valence-electron chi connectivity index (χ2n) is 8.55. The van der Waals surface area contributed by atoms with Gasteiger partial charge in [0.15, 0.2) is 0 Å². The molecule has 3 atom stereocenters. The Morgan fingerprint density at radius 2 is 1.85 bits per heavy atom. The molecule has 0 aromatic heterocycles. The van der Waals surface area contributed by atoms with Crippen molar-refractivity contribution in [3.8, 4) is 0 Å². The van der Waals surface area contributed by atoms with E-state index in [1.54, 1.807) is 17.0 Å². The lowest BCUT2D eigenvalue weighted by Crippen LogP contribution is -2.58. The number of hydrogen-bond acceptors (Lipinski definition) is 6. The zero-order valence-electron chi connectivity index (χ0n) is 18.8. The van der Waals surface area contributed by atoms with Gasteiger partial charge in [-0.2, -0.15) is 0 Å². The SMILES string of the molecule is Cc1ccc(C(=N)OC(N)=N[C@H]2CN(c3cc(F)c(C4CCC(=O)NC4=O)c(F)c3)[C@@H]2C)cc1. The minimum atomic E-state index is -1.04. The van der Waals surface area contributed by atoms with Crippen LogP contribution in [0.4, 0.5) is 14.5 Å². The Morgan fingerprint density at radius 1 is 1.21 bits per heavy atom. The fourth-order valence-corrected chi connectivity index (χ4v) is 4.18. The third kappa shape index (κ3) is 4.61. The third-order valence-electron chi connectivity index (χ3n) is 6.23. The summed E-state index contributed by atoms with van der Waals surface area (Å²) in [5.41, 5.74) is 7.46. The zero-order chi connectivity index (χ0) is 24.6. The van der Waals surface area contributed by atoms with Crippen LogP contribution in [0.25, 0.3) is 0 Å². The van der Waals surface area contributed by atoms with Crippen molar-refractivity contribution in [3.63, 3.8) is 0 Å². The summed E-state index contributed by atoms with van der Waals surface area (Å²) in [5, 5.41) is 10.2. The van der Waals surface area contributed by atoms with E-state index >= 15 is 0 Å². The summed E-state index contributed by atoms with van der Waals surface area (Å²) >= 11 is 0. The molecular weight excluding hydrogens is 444 g/mol. The highest BCUT2D eigenvalue weighted by molar-refractivity contribution is 6.01. The van der Waals surface area contributed by atoms with Crippen molar-refractivity contribution in [2.45, 2.75) is 44.7 Å². The minimum Gasteiger partial charge on any atom is -0.407 e. The summed E-state index contributed by atoms with van der Waals surface area (Å²) in [6.07, 6.45) is 0.0936. The molecule has 34 heavy (non-hydrogen) atoms. The molecule has 0 spiro atoms. The first-order valence-electron chi connectivity index (χ1n) is 10.9. The smallest absolute Gasteiger partial charge is 0.289 e. The Labute approximate surface area is 195 Å². The highest BCUT2D eigenvalue weighted by Crippen LogP contribution is 2.35. The van der Waals surface area contributed by atoms with Crippen molar-refractivity contribution in [2.75, 3.05) is 11.4 Å².